The molecule has 1 aliphatic rings. The topological polar surface area (TPSA) is 108 Å². The summed E-state index contributed by atoms with van der Waals surface area (Å²) in [6.07, 6.45) is 0.764. The molecule has 216 valence electrons. The Labute approximate surface area is 244 Å². The highest BCUT2D eigenvalue weighted by Crippen LogP contribution is 2.28. The number of morpholine rings is 1. The highest BCUT2D eigenvalue weighted by Gasteiger charge is 2.21. The highest BCUT2D eigenvalue weighted by atomic mass is 32.2. The third-order valence-corrected chi connectivity index (χ3v) is 7.77. The van der Waals surface area contributed by atoms with Crippen molar-refractivity contribution >= 4 is 29.3 Å². The van der Waals surface area contributed by atoms with Crippen LogP contribution in [0.5, 0.6) is 0 Å². The van der Waals surface area contributed by atoms with Crippen molar-refractivity contribution in [2.45, 2.75) is 19.3 Å². The number of amides is 2. The molecule has 0 aliphatic carbocycles. The van der Waals surface area contributed by atoms with Crippen LogP contribution in [0.1, 0.15) is 46.6 Å². The number of thioether (sulfide) groups is 1. The first-order valence-electron chi connectivity index (χ1n) is 13.6. The number of ether oxygens (including phenoxy) is 1. The van der Waals surface area contributed by atoms with Gasteiger partial charge in [-0.3, -0.25) is 4.90 Å². The number of rotatable bonds is 13. The molecule has 3 aromatic rings. The summed E-state index contributed by atoms with van der Waals surface area (Å²) >= 11 is 1.23. The van der Waals surface area contributed by atoms with Gasteiger partial charge in [0.25, 0.3) is 0 Å². The van der Waals surface area contributed by atoms with Crippen molar-refractivity contribution in [3.05, 3.63) is 106 Å². The minimum absolute atomic E-state index is 0.150. The summed E-state index contributed by atoms with van der Waals surface area (Å²) in [6.45, 7) is 10.8. The van der Waals surface area contributed by atoms with Crippen LogP contribution in [-0.2, 0) is 4.74 Å². The summed E-state index contributed by atoms with van der Waals surface area (Å²) in [4.78, 5) is 28.7. The zero-order valence-electron chi connectivity index (χ0n) is 23.2. The molecule has 2 heterocycles. The van der Waals surface area contributed by atoms with E-state index in [1.165, 1.54) is 29.0 Å². The third-order valence-electron chi connectivity index (χ3n) is 6.91. The Morgan fingerprint density at radius 2 is 1.73 bits per heavy atom. The van der Waals surface area contributed by atoms with E-state index >= 15 is 0 Å². The van der Waals surface area contributed by atoms with Crippen LogP contribution in [0, 0.1) is 0 Å². The van der Waals surface area contributed by atoms with Gasteiger partial charge >= 0.3 is 12.0 Å². The second kappa shape index (κ2) is 15.2. The summed E-state index contributed by atoms with van der Waals surface area (Å²) in [6, 6.07) is 21.9. The molecule has 2 amide bonds. The SMILES string of the molecule is C=C(NC(=O)N(CCC(c1ccccc1)c1ccccc1)CCN1CCOCC1)S/C=C(\C)c1cc(C(=O)O)no1. The molecule has 0 radical (unpaired) electrons. The van der Waals surface area contributed by atoms with Gasteiger partial charge in [0.2, 0.25) is 0 Å². The molecule has 0 atom stereocenters. The highest BCUT2D eigenvalue weighted by molar-refractivity contribution is 8.05. The Balaban J connectivity index is 1.42. The van der Waals surface area contributed by atoms with Crippen LogP contribution >= 0.6 is 11.8 Å². The fraction of sp³-hybridized carbons (Fsp3) is 0.323. The monoisotopic (exact) mass is 576 g/mol. The lowest BCUT2D eigenvalue weighted by Gasteiger charge is -2.31. The Kier molecular flexibility index (Phi) is 11.2. The van der Waals surface area contributed by atoms with E-state index in [0.29, 0.717) is 42.7 Å². The first kappa shape index (κ1) is 30.1. The average molecular weight is 577 g/mol. The van der Waals surface area contributed by atoms with E-state index in [0.717, 1.165) is 26.1 Å². The van der Waals surface area contributed by atoms with Gasteiger partial charge in [0.05, 0.1) is 18.2 Å². The number of hydrogen-bond acceptors (Lipinski definition) is 7. The van der Waals surface area contributed by atoms with Gasteiger partial charge in [-0.1, -0.05) is 84.2 Å². The summed E-state index contributed by atoms with van der Waals surface area (Å²) in [7, 11) is 0. The molecule has 0 bridgehead atoms. The number of urea groups is 1. The van der Waals surface area contributed by atoms with Crippen molar-refractivity contribution in [2.75, 3.05) is 45.9 Å². The minimum atomic E-state index is -1.16. The van der Waals surface area contributed by atoms with Crippen molar-refractivity contribution in [3.63, 3.8) is 0 Å². The number of carbonyl (C=O) groups is 2. The number of benzene rings is 2. The molecule has 9 nitrogen and oxygen atoms in total. The first-order chi connectivity index (χ1) is 19.9. The van der Waals surface area contributed by atoms with Crippen molar-refractivity contribution < 1.29 is 24.0 Å². The van der Waals surface area contributed by atoms with Gasteiger partial charge in [-0.15, -0.1) is 0 Å². The van der Waals surface area contributed by atoms with E-state index in [4.69, 9.17) is 14.4 Å². The van der Waals surface area contributed by atoms with Crippen LogP contribution in [0.3, 0.4) is 0 Å². The largest absolute Gasteiger partial charge is 0.476 e. The first-order valence-corrected chi connectivity index (χ1v) is 14.5. The minimum Gasteiger partial charge on any atom is -0.476 e. The second-order valence-corrected chi connectivity index (χ2v) is 10.7. The quantitative estimate of drug-likeness (QED) is 0.275. The predicted octanol–water partition coefficient (Wildman–Crippen LogP) is 5.50. The zero-order valence-corrected chi connectivity index (χ0v) is 24.0. The molecule has 1 saturated heterocycles. The fourth-order valence-electron chi connectivity index (χ4n) is 4.59. The van der Waals surface area contributed by atoms with Gasteiger partial charge in [-0.25, -0.2) is 9.59 Å². The molecule has 0 saturated carbocycles. The lowest BCUT2D eigenvalue weighted by molar-refractivity contribution is 0.0349. The maximum atomic E-state index is 13.5. The van der Waals surface area contributed by atoms with Gasteiger partial charge < -0.3 is 24.6 Å². The molecule has 10 heteroatoms. The standard InChI is InChI=1S/C31H36N4O5S/c1-23(29-21-28(30(36)37)33-40-29)22-41-24(2)32-31(38)35(16-15-34-17-19-39-20-18-34)14-13-27(25-9-5-3-6-10-25)26-11-7-4-8-12-26/h3-12,21-22,27H,2,13-20H2,1H3,(H,32,38)(H,36,37)/b23-22+. The molecule has 1 aliphatic heterocycles. The number of carbonyl (C=O) groups excluding carboxylic acids is 1. The molecule has 1 aromatic heterocycles. The third kappa shape index (κ3) is 9.07. The predicted molar refractivity (Wildman–Crippen MR) is 161 cm³/mol. The summed E-state index contributed by atoms with van der Waals surface area (Å²) in [5, 5.41) is 17.7. The smallest absolute Gasteiger partial charge is 0.358 e. The van der Waals surface area contributed by atoms with Gasteiger partial charge in [-0.2, -0.15) is 0 Å². The normalized spacial score (nSPS) is 14.1. The van der Waals surface area contributed by atoms with Crippen LogP contribution < -0.4 is 5.32 Å². The molecule has 41 heavy (non-hydrogen) atoms. The molecular formula is C31H36N4O5S. The summed E-state index contributed by atoms with van der Waals surface area (Å²) < 4.78 is 10.6. The van der Waals surface area contributed by atoms with Gasteiger partial charge in [0, 0.05) is 50.3 Å². The second-order valence-electron chi connectivity index (χ2n) is 9.76. The number of aromatic carboxylic acids is 1. The van der Waals surface area contributed by atoms with Crippen LogP contribution in [0.4, 0.5) is 4.79 Å². The number of allylic oxidation sites excluding steroid dienone is 1. The number of hydrogen-bond donors (Lipinski definition) is 2. The zero-order chi connectivity index (χ0) is 29.0. The summed E-state index contributed by atoms with van der Waals surface area (Å²) in [5.41, 5.74) is 2.94. The van der Waals surface area contributed by atoms with Gasteiger partial charge in [0.1, 0.15) is 0 Å². The molecular weight excluding hydrogens is 540 g/mol. The van der Waals surface area contributed by atoms with Crippen molar-refractivity contribution in [2.24, 2.45) is 0 Å². The van der Waals surface area contributed by atoms with Gasteiger partial charge in [-0.05, 0) is 29.9 Å². The number of carboxylic acids is 1. The molecule has 4 rings (SSSR count). The molecule has 0 spiro atoms. The van der Waals surface area contributed by atoms with Crippen molar-refractivity contribution in [1.82, 2.24) is 20.3 Å². The van der Waals surface area contributed by atoms with Crippen molar-refractivity contribution in [1.29, 1.82) is 0 Å². The number of nitrogens with one attached hydrogen (secondary N) is 1. The number of aromatic nitrogens is 1. The molecule has 2 N–H and O–H groups in total. The van der Waals surface area contributed by atoms with Crippen molar-refractivity contribution in [3.8, 4) is 0 Å². The lowest BCUT2D eigenvalue weighted by Crippen LogP contribution is -2.46. The fourth-order valence-corrected chi connectivity index (χ4v) is 5.17. The number of nitrogens with zero attached hydrogens (tertiary/aromatic N) is 3. The summed E-state index contributed by atoms with van der Waals surface area (Å²) in [5.74, 6) is -0.665. The van der Waals surface area contributed by atoms with Crippen LogP contribution in [0.25, 0.3) is 5.57 Å². The van der Waals surface area contributed by atoms with Crippen LogP contribution in [0.15, 0.2) is 88.3 Å². The van der Waals surface area contributed by atoms with Crippen LogP contribution in [0.2, 0.25) is 0 Å². The van der Waals surface area contributed by atoms with E-state index < -0.39 is 5.97 Å². The average Bonchev–Trinajstić information content (AvgIpc) is 3.50. The van der Waals surface area contributed by atoms with E-state index in [2.05, 4.69) is 46.2 Å². The lowest BCUT2D eigenvalue weighted by atomic mass is 9.88. The maximum Gasteiger partial charge on any atom is 0.358 e. The van der Waals surface area contributed by atoms with E-state index in [9.17, 15) is 9.59 Å². The number of carboxylic acid groups (broad SMARTS) is 1. The van der Waals surface area contributed by atoms with E-state index in [1.54, 1.807) is 12.3 Å². The van der Waals surface area contributed by atoms with E-state index in [1.807, 2.05) is 41.3 Å². The maximum absolute atomic E-state index is 13.5. The Hall–Kier alpha value is -3.86. The van der Waals surface area contributed by atoms with E-state index in [-0.39, 0.29) is 17.6 Å². The molecule has 1 fully saturated rings. The van der Waals surface area contributed by atoms with Gasteiger partial charge in [0.15, 0.2) is 11.5 Å². The molecule has 2 aromatic carbocycles. The Morgan fingerprint density at radius 3 is 2.32 bits per heavy atom. The Bertz CT molecular complexity index is 1280. The Morgan fingerprint density at radius 1 is 1.10 bits per heavy atom. The molecule has 0 unspecified atom stereocenters. The van der Waals surface area contributed by atoms with Crippen LogP contribution in [-0.4, -0.2) is 78.0 Å².